The highest BCUT2D eigenvalue weighted by atomic mass is 16.5. The van der Waals surface area contributed by atoms with Gasteiger partial charge in [0.15, 0.2) is 5.78 Å². The van der Waals surface area contributed by atoms with Crippen LogP contribution in [0.1, 0.15) is 26.2 Å². The molecule has 2 bridgehead atoms. The number of carbonyl (C=O) groups is 1. The van der Waals surface area contributed by atoms with E-state index in [9.17, 15) is 4.79 Å². The first kappa shape index (κ1) is 5.42. The molecule has 0 aliphatic carbocycles. The summed E-state index contributed by atoms with van der Waals surface area (Å²) in [7, 11) is 0. The van der Waals surface area contributed by atoms with Crippen LogP contribution in [0, 0.1) is 0 Å². The molecule has 0 saturated carbocycles. The Morgan fingerprint density at radius 3 is 2.78 bits per heavy atom. The lowest BCUT2D eigenvalue weighted by atomic mass is 9.89. The summed E-state index contributed by atoms with van der Waals surface area (Å²) in [6.07, 6.45) is 2.96. The van der Waals surface area contributed by atoms with Gasteiger partial charge in [0.2, 0.25) is 0 Å². The second-order valence-electron chi connectivity index (χ2n) is 3.14. The van der Waals surface area contributed by atoms with Gasteiger partial charge in [-0.15, -0.1) is 0 Å². The Kier molecular flexibility index (Phi) is 0.826. The first-order chi connectivity index (χ1) is 4.21. The minimum atomic E-state index is -0.370. The molecule has 50 valence electrons. The second-order valence-corrected chi connectivity index (χ2v) is 3.14. The van der Waals surface area contributed by atoms with Crippen molar-refractivity contribution in [3.8, 4) is 0 Å². The number of ketones is 1. The summed E-state index contributed by atoms with van der Waals surface area (Å²) in [5, 5.41) is 0. The molecule has 2 saturated heterocycles. The van der Waals surface area contributed by atoms with Gasteiger partial charge in [0.1, 0.15) is 5.60 Å². The molecule has 2 rings (SSSR count). The SMILES string of the molecule is CC12CCC(CC1=O)O2. The Hall–Kier alpha value is -0.370. The van der Waals surface area contributed by atoms with E-state index in [0.717, 1.165) is 12.8 Å². The Morgan fingerprint density at radius 1 is 1.78 bits per heavy atom. The van der Waals surface area contributed by atoms with Gasteiger partial charge in [0.05, 0.1) is 6.10 Å². The van der Waals surface area contributed by atoms with Gasteiger partial charge in [0.25, 0.3) is 0 Å². The molecule has 2 fully saturated rings. The normalized spacial score (nSPS) is 48.6. The molecule has 2 aliphatic heterocycles. The van der Waals surface area contributed by atoms with Gasteiger partial charge in [0, 0.05) is 6.42 Å². The fraction of sp³-hybridized carbons (Fsp3) is 0.857. The van der Waals surface area contributed by atoms with Gasteiger partial charge in [-0.05, 0) is 19.8 Å². The molecule has 0 radical (unpaired) electrons. The van der Waals surface area contributed by atoms with E-state index < -0.39 is 0 Å². The van der Waals surface area contributed by atoms with Crippen LogP contribution < -0.4 is 0 Å². The van der Waals surface area contributed by atoms with Crippen molar-refractivity contribution in [2.75, 3.05) is 0 Å². The predicted molar refractivity (Wildman–Crippen MR) is 32.1 cm³/mol. The van der Waals surface area contributed by atoms with Gasteiger partial charge in [-0.3, -0.25) is 4.79 Å². The molecular weight excluding hydrogens is 116 g/mol. The average Bonchev–Trinajstić information content (AvgIpc) is 2.22. The molecule has 2 heteroatoms. The van der Waals surface area contributed by atoms with Crippen LogP contribution in [0.5, 0.6) is 0 Å². The fourth-order valence-corrected chi connectivity index (χ4v) is 1.69. The Balaban J connectivity index is 2.32. The van der Waals surface area contributed by atoms with Crippen molar-refractivity contribution < 1.29 is 9.53 Å². The van der Waals surface area contributed by atoms with E-state index in [1.807, 2.05) is 6.92 Å². The highest BCUT2D eigenvalue weighted by molar-refractivity contribution is 5.90. The van der Waals surface area contributed by atoms with Gasteiger partial charge < -0.3 is 4.74 Å². The molecule has 2 nitrogen and oxygen atoms in total. The monoisotopic (exact) mass is 126 g/mol. The minimum absolute atomic E-state index is 0.266. The number of carbonyl (C=O) groups excluding carboxylic acids is 1. The molecule has 0 N–H and O–H groups in total. The summed E-state index contributed by atoms with van der Waals surface area (Å²) >= 11 is 0. The van der Waals surface area contributed by atoms with Crippen LogP contribution in [0.25, 0.3) is 0 Å². The van der Waals surface area contributed by atoms with Crippen LogP contribution in [0.4, 0.5) is 0 Å². The standard InChI is InChI=1S/C7H10O2/c1-7-3-2-5(9-7)4-6(7)8/h5H,2-4H2,1H3. The number of rotatable bonds is 0. The van der Waals surface area contributed by atoms with Gasteiger partial charge >= 0.3 is 0 Å². The van der Waals surface area contributed by atoms with Crippen LogP contribution in [0.15, 0.2) is 0 Å². The lowest BCUT2D eigenvalue weighted by Crippen LogP contribution is -2.29. The molecule has 0 spiro atoms. The predicted octanol–water partition coefficient (Wildman–Crippen LogP) is 0.897. The van der Waals surface area contributed by atoms with E-state index >= 15 is 0 Å². The second kappa shape index (κ2) is 1.37. The van der Waals surface area contributed by atoms with Crippen molar-refractivity contribution in [3.05, 3.63) is 0 Å². The molecule has 0 amide bonds. The van der Waals surface area contributed by atoms with E-state index in [1.54, 1.807) is 0 Å². The number of Topliss-reactive ketones (excluding diaryl/α,β-unsaturated/α-hetero) is 1. The molecule has 9 heavy (non-hydrogen) atoms. The molecule has 2 atom stereocenters. The van der Waals surface area contributed by atoms with Crippen LogP contribution in [0.2, 0.25) is 0 Å². The summed E-state index contributed by atoms with van der Waals surface area (Å²) in [6.45, 7) is 1.91. The largest absolute Gasteiger partial charge is 0.364 e. The summed E-state index contributed by atoms with van der Waals surface area (Å²) in [5.74, 6) is 0.304. The van der Waals surface area contributed by atoms with Crippen molar-refractivity contribution in [2.24, 2.45) is 0 Å². The van der Waals surface area contributed by atoms with E-state index in [1.165, 1.54) is 0 Å². The van der Waals surface area contributed by atoms with Crippen molar-refractivity contribution in [2.45, 2.75) is 37.9 Å². The number of hydrogen-bond acceptors (Lipinski definition) is 2. The zero-order valence-corrected chi connectivity index (χ0v) is 5.52. The topological polar surface area (TPSA) is 26.3 Å². The minimum Gasteiger partial charge on any atom is -0.364 e. The van der Waals surface area contributed by atoms with Crippen molar-refractivity contribution >= 4 is 5.78 Å². The van der Waals surface area contributed by atoms with Crippen LogP contribution in [0.3, 0.4) is 0 Å². The Bertz CT molecular complexity index is 164. The average molecular weight is 126 g/mol. The number of fused-ring (bicyclic) bond motifs is 2. The highest BCUT2D eigenvalue weighted by Gasteiger charge is 2.49. The first-order valence-electron chi connectivity index (χ1n) is 3.42. The molecular formula is C7H10O2. The molecule has 2 aliphatic rings. The van der Waals surface area contributed by atoms with Crippen molar-refractivity contribution in [3.63, 3.8) is 0 Å². The lowest BCUT2D eigenvalue weighted by Gasteiger charge is -2.14. The smallest absolute Gasteiger partial charge is 0.166 e. The third kappa shape index (κ3) is 0.568. The fourth-order valence-electron chi connectivity index (χ4n) is 1.69. The quantitative estimate of drug-likeness (QED) is 0.482. The molecule has 0 aromatic carbocycles. The zero-order valence-electron chi connectivity index (χ0n) is 5.52. The van der Waals surface area contributed by atoms with Gasteiger partial charge in [-0.2, -0.15) is 0 Å². The molecule has 2 heterocycles. The van der Waals surface area contributed by atoms with E-state index in [-0.39, 0.29) is 11.7 Å². The third-order valence-corrected chi connectivity index (χ3v) is 2.37. The molecule has 0 aromatic heterocycles. The Labute approximate surface area is 54.2 Å². The van der Waals surface area contributed by atoms with Crippen molar-refractivity contribution in [1.29, 1.82) is 0 Å². The zero-order chi connectivity index (χ0) is 6.48. The highest BCUT2D eigenvalue weighted by Crippen LogP contribution is 2.40. The maximum Gasteiger partial charge on any atom is 0.166 e. The van der Waals surface area contributed by atoms with E-state index in [0.29, 0.717) is 12.2 Å². The number of ether oxygens (including phenoxy) is 1. The summed E-state index contributed by atoms with van der Waals surface area (Å²) in [5.41, 5.74) is -0.370. The van der Waals surface area contributed by atoms with Crippen LogP contribution >= 0.6 is 0 Å². The van der Waals surface area contributed by atoms with Crippen molar-refractivity contribution in [1.82, 2.24) is 0 Å². The maximum absolute atomic E-state index is 11.0. The third-order valence-electron chi connectivity index (χ3n) is 2.37. The summed E-state index contributed by atoms with van der Waals surface area (Å²) < 4.78 is 5.42. The van der Waals surface area contributed by atoms with Crippen LogP contribution in [-0.2, 0) is 9.53 Å². The Morgan fingerprint density at radius 2 is 2.56 bits per heavy atom. The number of hydrogen-bond donors (Lipinski definition) is 0. The maximum atomic E-state index is 11.0. The lowest BCUT2D eigenvalue weighted by molar-refractivity contribution is -0.128. The summed E-state index contributed by atoms with van der Waals surface area (Å²) in [4.78, 5) is 11.0. The van der Waals surface area contributed by atoms with Crippen LogP contribution in [-0.4, -0.2) is 17.5 Å². The molecule has 0 aromatic rings. The van der Waals surface area contributed by atoms with Gasteiger partial charge in [-0.1, -0.05) is 0 Å². The van der Waals surface area contributed by atoms with E-state index in [4.69, 9.17) is 4.74 Å². The summed E-state index contributed by atoms with van der Waals surface area (Å²) in [6, 6.07) is 0. The first-order valence-corrected chi connectivity index (χ1v) is 3.42. The molecule has 2 unspecified atom stereocenters. The van der Waals surface area contributed by atoms with E-state index in [2.05, 4.69) is 0 Å². The van der Waals surface area contributed by atoms with Gasteiger partial charge in [-0.25, -0.2) is 0 Å².